The Bertz CT molecular complexity index is 513. The van der Waals surface area contributed by atoms with Gasteiger partial charge in [0.25, 0.3) is 5.91 Å². The first kappa shape index (κ1) is 15.4. The van der Waals surface area contributed by atoms with E-state index in [4.69, 9.17) is 0 Å². The maximum Gasteiger partial charge on any atom is 0.269 e. The zero-order valence-corrected chi connectivity index (χ0v) is 11.8. The molecule has 1 amide bonds. The first-order valence-electron chi connectivity index (χ1n) is 5.88. The van der Waals surface area contributed by atoms with Gasteiger partial charge in [0, 0.05) is 20.1 Å². The van der Waals surface area contributed by atoms with Gasteiger partial charge in [-0.25, -0.2) is 18.1 Å². The molecule has 0 bridgehead atoms. The molecule has 0 aliphatic carbocycles. The molecule has 0 aromatic carbocycles. The van der Waals surface area contributed by atoms with E-state index in [-0.39, 0.29) is 18.0 Å². The Balaban J connectivity index is 2.47. The highest BCUT2D eigenvalue weighted by Gasteiger charge is 2.11. The first-order valence-corrected chi connectivity index (χ1v) is 7.53. The minimum absolute atomic E-state index is 0.0453. The molecule has 106 valence electrons. The molecule has 0 radical (unpaired) electrons. The predicted molar refractivity (Wildman–Crippen MR) is 73.6 cm³/mol. The molecule has 19 heavy (non-hydrogen) atoms. The number of rotatable bonds is 7. The summed E-state index contributed by atoms with van der Waals surface area (Å²) in [7, 11) is -1.56. The number of hydrogen-bond acceptors (Lipinski definition) is 5. The van der Waals surface area contributed by atoms with Gasteiger partial charge in [-0.05, 0) is 12.1 Å². The SMILES string of the molecule is CCNS(=O)(=O)CCNC(=O)c1ccc(NC)cn1. The van der Waals surface area contributed by atoms with Crippen molar-refractivity contribution in [1.82, 2.24) is 15.0 Å². The quantitative estimate of drug-likeness (QED) is 0.644. The summed E-state index contributed by atoms with van der Waals surface area (Å²) in [5.74, 6) is -0.546. The van der Waals surface area contributed by atoms with Crippen LogP contribution in [-0.4, -0.2) is 45.2 Å². The first-order chi connectivity index (χ1) is 8.98. The van der Waals surface area contributed by atoms with Crippen molar-refractivity contribution in [2.75, 3.05) is 31.2 Å². The second-order valence-electron chi connectivity index (χ2n) is 3.75. The maximum atomic E-state index is 11.7. The molecule has 0 atom stereocenters. The van der Waals surface area contributed by atoms with E-state index in [0.29, 0.717) is 6.54 Å². The third kappa shape index (κ3) is 5.23. The molecule has 7 nitrogen and oxygen atoms in total. The van der Waals surface area contributed by atoms with Crippen LogP contribution in [0.4, 0.5) is 5.69 Å². The van der Waals surface area contributed by atoms with E-state index in [9.17, 15) is 13.2 Å². The van der Waals surface area contributed by atoms with Gasteiger partial charge < -0.3 is 10.6 Å². The number of aromatic nitrogens is 1. The summed E-state index contributed by atoms with van der Waals surface area (Å²) in [4.78, 5) is 15.6. The molecule has 8 heteroatoms. The Hall–Kier alpha value is -1.67. The van der Waals surface area contributed by atoms with E-state index >= 15 is 0 Å². The fraction of sp³-hybridized carbons (Fsp3) is 0.455. The van der Waals surface area contributed by atoms with E-state index in [1.165, 1.54) is 6.20 Å². The fourth-order valence-corrected chi connectivity index (χ4v) is 2.31. The van der Waals surface area contributed by atoms with E-state index in [2.05, 4.69) is 20.3 Å². The van der Waals surface area contributed by atoms with Crippen molar-refractivity contribution < 1.29 is 13.2 Å². The number of nitrogens with one attached hydrogen (secondary N) is 3. The van der Waals surface area contributed by atoms with Crippen molar-refractivity contribution in [2.45, 2.75) is 6.92 Å². The van der Waals surface area contributed by atoms with E-state index in [0.717, 1.165) is 5.69 Å². The van der Waals surface area contributed by atoms with Gasteiger partial charge in [-0.3, -0.25) is 4.79 Å². The molecule has 0 saturated heterocycles. The monoisotopic (exact) mass is 286 g/mol. The van der Waals surface area contributed by atoms with Crippen molar-refractivity contribution in [3.8, 4) is 0 Å². The summed E-state index contributed by atoms with van der Waals surface area (Å²) in [6.45, 7) is 2.08. The van der Waals surface area contributed by atoms with Gasteiger partial charge in [0.2, 0.25) is 10.0 Å². The lowest BCUT2D eigenvalue weighted by Crippen LogP contribution is -2.34. The van der Waals surface area contributed by atoms with Gasteiger partial charge in [0.05, 0.1) is 17.6 Å². The zero-order chi connectivity index (χ0) is 14.3. The Morgan fingerprint density at radius 2 is 2.11 bits per heavy atom. The number of carbonyl (C=O) groups is 1. The van der Waals surface area contributed by atoms with Crippen molar-refractivity contribution in [3.63, 3.8) is 0 Å². The Morgan fingerprint density at radius 1 is 1.37 bits per heavy atom. The van der Waals surface area contributed by atoms with E-state index in [1.807, 2.05) is 0 Å². The summed E-state index contributed by atoms with van der Waals surface area (Å²) in [5.41, 5.74) is 1.05. The number of carbonyl (C=O) groups excluding carboxylic acids is 1. The smallest absolute Gasteiger partial charge is 0.269 e. The largest absolute Gasteiger partial charge is 0.387 e. The van der Waals surface area contributed by atoms with Crippen LogP contribution in [0.15, 0.2) is 18.3 Å². The standard InChI is InChI=1S/C11H18N4O3S/c1-3-15-19(17,18)7-6-13-11(16)10-5-4-9(12-2)8-14-10/h4-5,8,12,15H,3,6-7H2,1-2H3,(H,13,16). The van der Waals surface area contributed by atoms with Gasteiger partial charge in [-0.15, -0.1) is 0 Å². The van der Waals surface area contributed by atoms with Gasteiger partial charge in [-0.1, -0.05) is 6.92 Å². The minimum Gasteiger partial charge on any atom is -0.387 e. The number of nitrogens with zero attached hydrogens (tertiary/aromatic N) is 1. The molecule has 0 unspecified atom stereocenters. The third-order valence-corrected chi connectivity index (χ3v) is 3.78. The minimum atomic E-state index is -3.32. The van der Waals surface area contributed by atoms with Crippen molar-refractivity contribution in [3.05, 3.63) is 24.0 Å². The van der Waals surface area contributed by atoms with E-state index < -0.39 is 15.9 Å². The van der Waals surface area contributed by atoms with Gasteiger partial charge >= 0.3 is 0 Å². The maximum absolute atomic E-state index is 11.7. The van der Waals surface area contributed by atoms with Crippen LogP contribution in [0.1, 0.15) is 17.4 Å². The van der Waals surface area contributed by atoms with Crippen LogP contribution < -0.4 is 15.4 Å². The van der Waals surface area contributed by atoms with Crippen LogP contribution in [-0.2, 0) is 10.0 Å². The molecule has 1 rings (SSSR count). The molecule has 0 saturated carbocycles. The molecular weight excluding hydrogens is 268 g/mol. The fourth-order valence-electron chi connectivity index (χ4n) is 1.36. The molecule has 0 spiro atoms. The second-order valence-corrected chi connectivity index (χ2v) is 5.68. The number of hydrogen-bond donors (Lipinski definition) is 3. The van der Waals surface area contributed by atoms with Crippen molar-refractivity contribution in [2.24, 2.45) is 0 Å². The van der Waals surface area contributed by atoms with Crippen molar-refractivity contribution >= 4 is 21.6 Å². The number of pyridine rings is 1. The van der Waals surface area contributed by atoms with Crippen LogP contribution in [0, 0.1) is 0 Å². The highest BCUT2D eigenvalue weighted by Crippen LogP contribution is 2.04. The van der Waals surface area contributed by atoms with Crippen LogP contribution >= 0.6 is 0 Å². The van der Waals surface area contributed by atoms with Gasteiger partial charge in [-0.2, -0.15) is 0 Å². The Labute approximate surface area is 112 Å². The van der Waals surface area contributed by atoms with E-state index in [1.54, 1.807) is 26.1 Å². The van der Waals surface area contributed by atoms with Crippen LogP contribution in [0.25, 0.3) is 0 Å². The van der Waals surface area contributed by atoms with Gasteiger partial charge in [0.15, 0.2) is 0 Å². The lowest BCUT2D eigenvalue weighted by atomic mass is 10.3. The second kappa shape index (κ2) is 7.05. The van der Waals surface area contributed by atoms with Crippen LogP contribution in [0.2, 0.25) is 0 Å². The summed E-state index contributed by atoms with van der Waals surface area (Å²) in [6, 6.07) is 3.29. The summed E-state index contributed by atoms with van der Waals surface area (Å²) >= 11 is 0. The summed E-state index contributed by atoms with van der Waals surface area (Å²) in [6.07, 6.45) is 1.53. The average molecular weight is 286 g/mol. The number of amides is 1. The molecular formula is C11H18N4O3S. The Kier molecular flexibility index (Phi) is 5.71. The molecule has 0 fully saturated rings. The molecule has 0 aliphatic rings. The molecule has 1 heterocycles. The summed E-state index contributed by atoms with van der Waals surface area (Å²) in [5, 5.41) is 5.40. The average Bonchev–Trinajstić information content (AvgIpc) is 2.38. The topological polar surface area (TPSA) is 100 Å². The lowest BCUT2D eigenvalue weighted by molar-refractivity contribution is 0.0951. The lowest BCUT2D eigenvalue weighted by Gasteiger charge is -2.06. The van der Waals surface area contributed by atoms with Crippen LogP contribution in [0.5, 0.6) is 0 Å². The molecule has 1 aromatic rings. The number of anilines is 1. The molecule has 0 aliphatic heterocycles. The highest BCUT2D eigenvalue weighted by molar-refractivity contribution is 7.89. The van der Waals surface area contributed by atoms with Crippen LogP contribution in [0.3, 0.4) is 0 Å². The summed E-state index contributed by atoms with van der Waals surface area (Å²) < 4.78 is 25.0. The highest BCUT2D eigenvalue weighted by atomic mass is 32.2. The molecule has 3 N–H and O–H groups in total. The number of sulfonamides is 1. The zero-order valence-electron chi connectivity index (χ0n) is 10.9. The third-order valence-electron chi connectivity index (χ3n) is 2.31. The van der Waals surface area contributed by atoms with Crippen molar-refractivity contribution in [1.29, 1.82) is 0 Å². The molecule has 1 aromatic heterocycles. The van der Waals surface area contributed by atoms with Gasteiger partial charge in [0.1, 0.15) is 5.69 Å². The normalized spacial score (nSPS) is 11.1. The predicted octanol–water partition coefficient (Wildman–Crippen LogP) is -0.208. The Morgan fingerprint density at radius 3 is 2.63 bits per heavy atom.